The van der Waals surface area contributed by atoms with Gasteiger partial charge in [-0.3, -0.25) is 9.59 Å². The molecule has 1 saturated heterocycles. The van der Waals surface area contributed by atoms with Gasteiger partial charge in [-0.05, 0) is 55.2 Å². The van der Waals surface area contributed by atoms with Crippen LogP contribution in [0.1, 0.15) is 45.5 Å². The summed E-state index contributed by atoms with van der Waals surface area (Å²) in [5.74, 6) is -0.738. The number of carbonyl (C=O) groups is 2. The average Bonchev–Trinajstić information content (AvgIpc) is 2.69. The van der Waals surface area contributed by atoms with Crippen molar-refractivity contribution in [2.45, 2.75) is 25.9 Å². The lowest BCUT2D eigenvalue weighted by Crippen LogP contribution is -2.30. The zero-order valence-corrected chi connectivity index (χ0v) is 15.5. The molecule has 27 heavy (non-hydrogen) atoms. The van der Waals surface area contributed by atoms with Crippen LogP contribution in [0.2, 0.25) is 0 Å². The highest BCUT2D eigenvalue weighted by Crippen LogP contribution is 2.30. The highest BCUT2D eigenvalue weighted by Gasteiger charge is 2.18. The van der Waals surface area contributed by atoms with Crippen molar-refractivity contribution in [3.63, 3.8) is 0 Å². The van der Waals surface area contributed by atoms with E-state index in [2.05, 4.69) is 10.2 Å². The van der Waals surface area contributed by atoms with Crippen molar-refractivity contribution in [2.24, 2.45) is 5.73 Å². The van der Waals surface area contributed by atoms with Crippen LogP contribution in [0.15, 0.2) is 42.5 Å². The van der Waals surface area contributed by atoms with Crippen molar-refractivity contribution >= 4 is 23.2 Å². The lowest BCUT2D eigenvalue weighted by atomic mass is 10.1. The number of hydrogen-bond donors (Lipinski definition) is 2. The maximum absolute atomic E-state index is 12.7. The van der Waals surface area contributed by atoms with Gasteiger partial charge in [-0.15, -0.1) is 0 Å². The number of amides is 2. The van der Waals surface area contributed by atoms with Crippen molar-refractivity contribution in [3.8, 4) is 0 Å². The first-order valence-corrected chi connectivity index (χ1v) is 9.16. The van der Waals surface area contributed by atoms with Gasteiger partial charge in [-0.25, -0.2) is 0 Å². The average molecular weight is 367 g/mol. The molecule has 1 aliphatic heterocycles. The van der Waals surface area contributed by atoms with Crippen LogP contribution < -0.4 is 16.0 Å². The van der Waals surface area contributed by atoms with E-state index in [1.165, 1.54) is 6.42 Å². The van der Waals surface area contributed by atoms with Gasteiger partial charge in [0, 0.05) is 31.3 Å². The van der Waals surface area contributed by atoms with Crippen molar-refractivity contribution in [1.82, 2.24) is 0 Å². The normalized spacial score (nSPS) is 14.0. The number of piperidine rings is 1. The predicted molar refractivity (Wildman–Crippen MR) is 106 cm³/mol. The topological polar surface area (TPSA) is 84.7 Å². The van der Waals surface area contributed by atoms with Gasteiger partial charge in [0.1, 0.15) is 0 Å². The summed E-state index contributed by atoms with van der Waals surface area (Å²) in [4.78, 5) is 26.5. The predicted octanol–water partition coefficient (Wildman–Crippen LogP) is 3.17. The van der Waals surface area contributed by atoms with E-state index >= 15 is 0 Å². The summed E-state index contributed by atoms with van der Waals surface area (Å²) < 4.78 is 5.09. The van der Waals surface area contributed by atoms with Gasteiger partial charge < -0.3 is 20.7 Å². The van der Waals surface area contributed by atoms with E-state index in [9.17, 15) is 9.59 Å². The second-order valence-corrected chi connectivity index (χ2v) is 6.73. The quantitative estimate of drug-likeness (QED) is 0.821. The first-order chi connectivity index (χ1) is 13.1. The van der Waals surface area contributed by atoms with Gasteiger partial charge in [-0.2, -0.15) is 0 Å². The monoisotopic (exact) mass is 367 g/mol. The Morgan fingerprint density at radius 1 is 1.04 bits per heavy atom. The highest BCUT2D eigenvalue weighted by molar-refractivity contribution is 6.07. The first-order valence-electron chi connectivity index (χ1n) is 9.16. The number of ether oxygens (including phenoxy) is 1. The molecule has 142 valence electrons. The molecule has 6 nitrogen and oxygen atoms in total. The number of hydrogen-bond acceptors (Lipinski definition) is 4. The summed E-state index contributed by atoms with van der Waals surface area (Å²) in [7, 11) is 1.63. The Balaban J connectivity index is 1.85. The van der Waals surface area contributed by atoms with Crippen LogP contribution in [0, 0.1) is 0 Å². The maximum Gasteiger partial charge on any atom is 0.255 e. The molecule has 3 rings (SSSR count). The van der Waals surface area contributed by atoms with Crippen molar-refractivity contribution < 1.29 is 14.3 Å². The van der Waals surface area contributed by atoms with Crippen LogP contribution in [-0.4, -0.2) is 32.0 Å². The Bertz CT molecular complexity index is 812. The van der Waals surface area contributed by atoms with Gasteiger partial charge in [0.15, 0.2) is 0 Å². The Labute approximate surface area is 159 Å². The van der Waals surface area contributed by atoms with Gasteiger partial charge in [-0.1, -0.05) is 12.1 Å². The molecule has 0 spiro atoms. The minimum atomic E-state index is -0.514. The summed E-state index contributed by atoms with van der Waals surface area (Å²) in [6.07, 6.45) is 3.45. The lowest BCUT2D eigenvalue weighted by Gasteiger charge is -2.30. The van der Waals surface area contributed by atoms with E-state index in [4.69, 9.17) is 10.5 Å². The fraction of sp³-hybridized carbons (Fsp3) is 0.333. The molecule has 0 aliphatic carbocycles. The Hall–Kier alpha value is -2.86. The number of primary amides is 1. The van der Waals surface area contributed by atoms with E-state index in [0.29, 0.717) is 23.4 Å². The van der Waals surface area contributed by atoms with E-state index in [1.54, 1.807) is 31.4 Å². The van der Waals surface area contributed by atoms with Crippen molar-refractivity contribution in [3.05, 3.63) is 59.2 Å². The van der Waals surface area contributed by atoms with Gasteiger partial charge in [0.2, 0.25) is 5.91 Å². The molecule has 0 unspecified atom stereocenters. The maximum atomic E-state index is 12.7. The molecule has 0 radical (unpaired) electrons. The second kappa shape index (κ2) is 8.68. The summed E-state index contributed by atoms with van der Waals surface area (Å²) in [5.41, 5.74) is 8.87. The number of nitrogens with one attached hydrogen (secondary N) is 1. The zero-order valence-electron chi connectivity index (χ0n) is 15.5. The number of methoxy groups -OCH3 is 1. The van der Waals surface area contributed by atoms with Gasteiger partial charge >= 0.3 is 0 Å². The molecule has 6 heteroatoms. The molecule has 0 bridgehead atoms. The van der Waals surface area contributed by atoms with Crippen LogP contribution in [0.4, 0.5) is 11.4 Å². The zero-order chi connectivity index (χ0) is 19.2. The summed E-state index contributed by atoms with van der Waals surface area (Å²) in [5, 5.41) is 2.95. The smallest absolute Gasteiger partial charge is 0.255 e. The Kier molecular flexibility index (Phi) is 6.08. The molecule has 0 atom stereocenters. The molecule has 2 aromatic rings. The molecule has 2 amide bonds. The molecule has 2 aromatic carbocycles. The van der Waals surface area contributed by atoms with Crippen molar-refractivity contribution in [1.29, 1.82) is 0 Å². The largest absolute Gasteiger partial charge is 0.380 e. The molecular formula is C21H25N3O3. The second-order valence-electron chi connectivity index (χ2n) is 6.73. The summed E-state index contributed by atoms with van der Waals surface area (Å²) in [6.45, 7) is 2.37. The standard InChI is InChI=1S/C21H25N3O3/c1-27-14-15-5-7-16(8-6-15)21(26)23-18-13-17(20(22)25)9-10-19(18)24-11-3-2-4-12-24/h5-10,13H,2-4,11-12,14H2,1H3,(H2,22,25)(H,23,26). The van der Waals surface area contributed by atoms with E-state index in [0.717, 1.165) is 37.2 Å². The van der Waals surface area contributed by atoms with E-state index < -0.39 is 5.91 Å². The highest BCUT2D eigenvalue weighted by atomic mass is 16.5. The fourth-order valence-electron chi connectivity index (χ4n) is 3.31. The molecule has 3 N–H and O–H groups in total. The van der Waals surface area contributed by atoms with Crippen LogP contribution in [0.5, 0.6) is 0 Å². The molecule has 0 saturated carbocycles. The van der Waals surface area contributed by atoms with E-state index in [-0.39, 0.29) is 5.91 Å². The fourth-order valence-corrected chi connectivity index (χ4v) is 3.31. The minimum absolute atomic E-state index is 0.223. The number of nitrogens with zero attached hydrogens (tertiary/aromatic N) is 1. The molecule has 1 aliphatic rings. The third-order valence-electron chi connectivity index (χ3n) is 4.75. The van der Waals surface area contributed by atoms with E-state index in [1.807, 2.05) is 18.2 Å². The number of nitrogens with two attached hydrogens (primary N) is 1. The third-order valence-corrected chi connectivity index (χ3v) is 4.75. The van der Waals surface area contributed by atoms with Crippen LogP contribution in [0.25, 0.3) is 0 Å². The van der Waals surface area contributed by atoms with Crippen LogP contribution in [0.3, 0.4) is 0 Å². The molecular weight excluding hydrogens is 342 g/mol. The van der Waals surface area contributed by atoms with Crippen LogP contribution in [-0.2, 0) is 11.3 Å². The van der Waals surface area contributed by atoms with Gasteiger partial charge in [0.25, 0.3) is 5.91 Å². The summed E-state index contributed by atoms with van der Waals surface area (Å²) in [6, 6.07) is 12.5. The number of rotatable bonds is 6. The molecule has 0 aromatic heterocycles. The first kappa shape index (κ1) is 18.9. The summed E-state index contributed by atoms with van der Waals surface area (Å²) >= 11 is 0. The third kappa shape index (κ3) is 4.65. The Morgan fingerprint density at radius 2 is 1.70 bits per heavy atom. The van der Waals surface area contributed by atoms with Gasteiger partial charge in [0.05, 0.1) is 18.0 Å². The minimum Gasteiger partial charge on any atom is -0.380 e. The molecule has 1 fully saturated rings. The SMILES string of the molecule is COCc1ccc(C(=O)Nc2cc(C(N)=O)ccc2N2CCCCC2)cc1. The lowest BCUT2D eigenvalue weighted by molar-refractivity contribution is 0.0996. The Morgan fingerprint density at radius 3 is 2.33 bits per heavy atom. The number of benzene rings is 2. The number of anilines is 2. The van der Waals surface area contributed by atoms with Crippen LogP contribution >= 0.6 is 0 Å². The molecule has 1 heterocycles. The number of carbonyl (C=O) groups excluding carboxylic acids is 2. The van der Waals surface area contributed by atoms with Crippen molar-refractivity contribution in [2.75, 3.05) is 30.4 Å².